The summed E-state index contributed by atoms with van der Waals surface area (Å²) in [4.78, 5) is 11.4. The summed E-state index contributed by atoms with van der Waals surface area (Å²) in [6.45, 7) is 6.83. The van der Waals surface area contributed by atoms with E-state index in [4.69, 9.17) is 4.74 Å². The molecular formula is C13H14N4OS. The third-order valence-electron chi connectivity index (χ3n) is 3.51. The molecule has 0 aliphatic carbocycles. The highest BCUT2D eigenvalue weighted by Crippen LogP contribution is 2.39. The van der Waals surface area contributed by atoms with Crippen molar-refractivity contribution in [1.82, 2.24) is 19.6 Å². The summed E-state index contributed by atoms with van der Waals surface area (Å²) in [5.41, 5.74) is 2.13. The molecule has 4 rings (SSSR count). The van der Waals surface area contributed by atoms with E-state index >= 15 is 0 Å². The topological polar surface area (TPSA) is 52.3 Å². The third kappa shape index (κ3) is 1.60. The van der Waals surface area contributed by atoms with Gasteiger partial charge >= 0.3 is 0 Å². The molecular weight excluding hydrogens is 260 g/mol. The Morgan fingerprint density at radius 2 is 2.26 bits per heavy atom. The zero-order valence-electron chi connectivity index (χ0n) is 11.1. The van der Waals surface area contributed by atoms with Crippen molar-refractivity contribution in [2.24, 2.45) is 0 Å². The van der Waals surface area contributed by atoms with Gasteiger partial charge < -0.3 is 4.74 Å². The van der Waals surface area contributed by atoms with Crippen molar-refractivity contribution < 1.29 is 4.74 Å². The van der Waals surface area contributed by atoms with Gasteiger partial charge in [-0.1, -0.05) is 0 Å². The molecule has 0 unspecified atom stereocenters. The Kier molecular flexibility index (Phi) is 2.09. The molecule has 0 N–H and O–H groups in total. The first-order valence-corrected chi connectivity index (χ1v) is 7.11. The molecule has 1 aliphatic heterocycles. The van der Waals surface area contributed by atoms with Gasteiger partial charge in [-0.15, -0.1) is 11.3 Å². The van der Waals surface area contributed by atoms with Gasteiger partial charge in [-0.05, 0) is 26.3 Å². The van der Waals surface area contributed by atoms with Gasteiger partial charge in [-0.3, -0.25) is 0 Å². The molecule has 0 amide bonds. The number of rotatable bonds is 0. The maximum Gasteiger partial charge on any atom is 0.167 e. The normalized spacial score (nSPS) is 18.1. The Morgan fingerprint density at radius 3 is 3.11 bits per heavy atom. The number of aromatic nitrogens is 4. The second-order valence-corrected chi connectivity index (χ2v) is 6.66. The Bertz CT molecular complexity index is 802. The van der Waals surface area contributed by atoms with Crippen LogP contribution in [0.1, 0.15) is 30.1 Å². The van der Waals surface area contributed by atoms with Gasteiger partial charge in [0, 0.05) is 11.3 Å². The van der Waals surface area contributed by atoms with Crippen LogP contribution in [-0.2, 0) is 17.8 Å². The number of ether oxygens (including phenoxy) is 1. The first-order chi connectivity index (χ1) is 9.03. The van der Waals surface area contributed by atoms with Crippen molar-refractivity contribution in [2.75, 3.05) is 0 Å². The van der Waals surface area contributed by atoms with Crippen LogP contribution in [0.4, 0.5) is 0 Å². The fourth-order valence-corrected chi connectivity index (χ4v) is 3.71. The van der Waals surface area contributed by atoms with Crippen LogP contribution in [0.5, 0.6) is 0 Å². The lowest BCUT2D eigenvalue weighted by Crippen LogP contribution is -2.31. The molecule has 0 saturated heterocycles. The molecule has 3 aromatic rings. The largest absolute Gasteiger partial charge is 0.370 e. The highest BCUT2D eigenvalue weighted by Gasteiger charge is 2.30. The average molecular weight is 274 g/mol. The van der Waals surface area contributed by atoms with Gasteiger partial charge in [0.15, 0.2) is 5.65 Å². The second-order valence-electron chi connectivity index (χ2n) is 5.58. The summed E-state index contributed by atoms with van der Waals surface area (Å²) in [5, 5.41) is 5.50. The van der Waals surface area contributed by atoms with Crippen molar-refractivity contribution >= 4 is 27.2 Å². The summed E-state index contributed by atoms with van der Waals surface area (Å²) in [6, 6.07) is 0. The third-order valence-corrected chi connectivity index (χ3v) is 4.63. The van der Waals surface area contributed by atoms with Crippen molar-refractivity contribution in [3.05, 3.63) is 22.6 Å². The van der Waals surface area contributed by atoms with Crippen LogP contribution in [0.25, 0.3) is 15.9 Å². The van der Waals surface area contributed by atoms with E-state index in [0.717, 1.165) is 28.1 Å². The van der Waals surface area contributed by atoms with Crippen LogP contribution in [0.3, 0.4) is 0 Å². The van der Waals surface area contributed by atoms with Crippen LogP contribution in [-0.4, -0.2) is 25.2 Å². The molecule has 0 bridgehead atoms. The zero-order chi connectivity index (χ0) is 13.2. The van der Waals surface area contributed by atoms with E-state index < -0.39 is 0 Å². The average Bonchev–Trinajstić information content (AvgIpc) is 2.86. The molecule has 5 nitrogen and oxygen atoms in total. The molecule has 0 atom stereocenters. The van der Waals surface area contributed by atoms with E-state index in [0.29, 0.717) is 6.61 Å². The van der Waals surface area contributed by atoms with Crippen LogP contribution >= 0.6 is 11.3 Å². The fraction of sp³-hybridized carbons (Fsp3) is 0.462. The van der Waals surface area contributed by atoms with E-state index in [9.17, 15) is 0 Å². The van der Waals surface area contributed by atoms with Crippen molar-refractivity contribution in [3.8, 4) is 0 Å². The molecule has 0 fully saturated rings. The van der Waals surface area contributed by atoms with Gasteiger partial charge in [0.2, 0.25) is 0 Å². The minimum Gasteiger partial charge on any atom is -0.370 e. The SMILES string of the molecule is Cc1nc2c3c4c(sc3ncn2n1)COC(C)(C)C4. The first kappa shape index (κ1) is 11.3. The highest BCUT2D eigenvalue weighted by atomic mass is 32.1. The number of fused-ring (bicyclic) bond motifs is 5. The van der Waals surface area contributed by atoms with E-state index in [1.807, 2.05) is 6.92 Å². The van der Waals surface area contributed by atoms with Gasteiger partial charge in [0.25, 0.3) is 0 Å². The number of hydrogen-bond donors (Lipinski definition) is 0. The van der Waals surface area contributed by atoms with Crippen LogP contribution in [0.15, 0.2) is 6.33 Å². The molecule has 0 saturated carbocycles. The van der Waals surface area contributed by atoms with E-state index in [-0.39, 0.29) is 5.60 Å². The number of nitrogens with zero attached hydrogens (tertiary/aromatic N) is 4. The summed E-state index contributed by atoms with van der Waals surface area (Å²) in [5.74, 6) is 0.778. The summed E-state index contributed by atoms with van der Waals surface area (Å²) in [7, 11) is 0. The van der Waals surface area contributed by atoms with Crippen molar-refractivity contribution in [1.29, 1.82) is 0 Å². The standard InChI is InChI=1S/C13H14N4OS/c1-7-15-11-10-8-4-13(2,3)18-5-9(8)19-12(10)14-6-17(11)16-7/h6H,4-5H2,1-3H3. The molecule has 1 aliphatic rings. The van der Waals surface area contributed by atoms with Gasteiger partial charge in [0.1, 0.15) is 17.0 Å². The Balaban J connectivity index is 2.10. The maximum atomic E-state index is 5.88. The van der Waals surface area contributed by atoms with Gasteiger partial charge in [0.05, 0.1) is 17.6 Å². The van der Waals surface area contributed by atoms with E-state index in [1.54, 1.807) is 22.2 Å². The molecule has 0 aromatic carbocycles. The molecule has 19 heavy (non-hydrogen) atoms. The van der Waals surface area contributed by atoms with Crippen LogP contribution < -0.4 is 0 Å². The van der Waals surface area contributed by atoms with Crippen molar-refractivity contribution in [3.63, 3.8) is 0 Å². The predicted molar refractivity (Wildman–Crippen MR) is 73.5 cm³/mol. The Hall–Kier alpha value is -1.53. The molecule has 98 valence electrons. The number of aryl methyl sites for hydroxylation is 1. The van der Waals surface area contributed by atoms with Crippen LogP contribution in [0.2, 0.25) is 0 Å². The van der Waals surface area contributed by atoms with Crippen LogP contribution in [0, 0.1) is 6.92 Å². The second kappa shape index (κ2) is 3.52. The Morgan fingerprint density at radius 1 is 1.42 bits per heavy atom. The lowest BCUT2D eigenvalue weighted by Gasteiger charge is -2.30. The number of hydrogen-bond acceptors (Lipinski definition) is 5. The van der Waals surface area contributed by atoms with Crippen molar-refractivity contribution in [2.45, 2.75) is 39.4 Å². The Labute approximate surface area is 114 Å². The molecule has 6 heteroatoms. The summed E-state index contributed by atoms with van der Waals surface area (Å²) >= 11 is 1.71. The summed E-state index contributed by atoms with van der Waals surface area (Å²) < 4.78 is 7.65. The quantitative estimate of drug-likeness (QED) is 0.632. The monoisotopic (exact) mass is 274 g/mol. The minimum atomic E-state index is -0.122. The van der Waals surface area contributed by atoms with Gasteiger partial charge in [-0.2, -0.15) is 5.10 Å². The summed E-state index contributed by atoms with van der Waals surface area (Å²) in [6.07, 6.45) is 2.64. The maximum absolute atomic E-state index is 5.88. The van der Waals surface area contributed by atoms with E-state index in [2.05, 4.69) is 28.9 Å². The van der Waals surface area contributed by atoms with E-state index in [1.165, 1.54) is 10.4 Å². The molecule has 0 spiro atoms. The lowest BCUT2D eigenvalue weighted by molar-refractivity contribution is -0.0379. The smallest absolute Gasteiger partial charge is 0.167 e. The molecule has 0 radical (unpaired) electrons. The minimum absolute atomic E-state index is 0.122. The fourth-order valence-electron chi connectivity index (χ4n) is 2.65. The first-order valence-electron chi connectivity index (χ1n) is 6.30. The molecule has 4 heterocycles. The highest BCUT2D eigenvalue weighted by molar-refractivity contribution is 7.19. The molecule has 3 aromatic heterocycles. The van der Waals surface area contributed by atoms with Gasteiger partial charge in [-0.25, -0.2) is 14.5 Å². The zero-order valence-corrected chi connectivity index (χ0v) is 11.9. The predicted octanol–water partition coefficient (Wildman–Crippen LogP) is 2.50. The lowest BCUT2D eigenvalue weighted by atomic mass is 9.94. The number of thiophene rings is 1.